The molecule has 3 N–H and O–H groups in total. The number of benzene rings is 2. The van der Waals surface area contributed by atoms with Crippen molar-refractivity contribution in [3.8, 4) is 11.1 Å². The van der Waals surface area contributed by atoms with Crippen molar-refractivity contribution in [2.45, 2.75) is 36.8 Å². The second-order valence-electron chi connectivity index (χ2n) is 9.15. The quantitative estimate of drug-likeness (QED) is 0.527. The first-order chi connectivity index (χ1) is 16.8. The molecule has 0 radical (unpaired) electrons. The van der Waals surface area contributed by atoms with E-state index in [2.05, 4.69) is 5.32 Å². The lowest BCUT2D eigenvalue weighted by Crippen LogP contribution is -2.53. The van der Waals surface area contributed by atoms with E-state index in [1.807, 2.05) is 48.5 Å². The van der Waals surface area contributed by atoms with Gasteiger partial charge >= 0.3 is 12.1 Å². The van der Waals surface area contributed by atoms with Gasteiger partial charge in [-0.25, -0.2) is 4.79 Å². The third-order valence-corrected chi connectivity index (χ3v) is 6.64. The Morgan fingerprint density at radius 1 is 1.09 bits per heavy atom. The van der Waals surface area contributed by atoms with Crippen molar-refractivity contribution in [1.82, 2.24) is 10.2 Å². The van der Waals surface area contributed by atoms with E-state index in [0.717, 1.165) is 22.3 Å². The summed E-state index contributed by atoms with van der Waals surface area (Å²) in [6, 6.07) is 14.5. The number of rotatable bonds is 8. The van der Waals surface area contributed by atoms with E-state index in [1.165, 1.54) is 11.9 Å². The number of nitrogens with zero attached hydrogens (tertiary/aromatic N) is 1. The minimum absolute atomic E-state index is 0.0116. The molecule has 35 heavy (non-hydrogen) atoms. The number of carboxylic acids is 1. The maximum Gasteiger partial charge on any atom is 0.407 e. The number of carbonyl (C=O) groups excluding carboxylic acids is 2. The first-order valence-electron chi connectivity index (χ1n) is 11.7. The molecule has 0 spiro atoms. The number of hydrogen-bond donors (Lipinski definition) is 3. The predicted molar refractivity (Wildman–Crippen MR) is 127 cm³/mol. The van der Waals surface area contributed by atoms with Gasteiger partial charge in [-0.1, -0.05) is 48.5 Å². The third kappa shape index (κ3) is 5.63. The molecular formula is C26H30N2O7. The number of aliphatic hydroxyl groups is 1. The molecule has 1 aliphatic carbocycles. The highest BCUT2D eigenvalue weighted by Gasteiger charge is 2.35. The Labute approximate surface area is 203 Å². The van der Waals surface area contributed by atoms with Crippen molar-refractivity contribution in [3.05, 3.63) is 59.7 Å². The maximum absolute atomic E-state index is 13.0. The van der Waals surface area contributed by atoms with Gasteiger partial charge in [-0.15, -0.1) is 0 Å². The van der Waals surface area contributed by atoms with Crippen LogP contribution in [-0.4, -0.2) is 78.1 Å². The summed E-state index contributed by atoms with van der Waals surface area (Å²) >= 11 is 0. The molecule has 186 valence electrons. The number of aliphatic carboxylic acids is 1. The van der Waals surface area contributed by atoms with Gasteiger partial charge in [0, 0.05) is 45.6 Å². The first kappa shape index (κ1) is 24.7. The van der Waals surface area contributed by atoms with Crippen molar-refractivity contribution in [2.75, 3.05) is 33.4 Å². The van der Waals surface area contributed by atoms with Crippen molar-refractivity contribution >= 4 is 18.0 Å². The van der Waals surface area contributed by atoms with E-state index in [4.69, 9.17) is 9.47 Å². The van der Waals surface area contributed by atoms with Crippen LogP contribution in [0.1, 0.15) is 36.3 Å². The van der Waals surface area contributed by atoms with Crippen LogP contribution in [0.3, 0.4) is 0 Å². The summed E-state index contributed by atoms with van der Waals surface area (Å²) in [5.74, 6) is -2.01. The Bertz CT molecular complexity index is 1050. The van der Waals surface area contributed by atoms with E-state index >= 15 is 0 Å². The first-order valence-corrected chi connectivity index (χ1v) is 11.7. The van der Waals surface area contributed by atoms with Crippen molar-refractivity contribution in [1.29, 1.82) is 0 Å². The van der Waals surface area contributed by atoms with Crippen LogP contribution in [0.4, 0.5) is 4.79 Å². The van der Waals surface area contributed by atoms with Gasteiger partial charge in [0.05, 0.1) is 12.0 Å². The van der Waals surface area contributed by atoms with Crippen LogP contribution in [0.25, 0.3) is 11.1 Å². The fourth-order valence-corrected chi connectivity index (χ4v) is 4.85. The molecule has 2 aliphatic rings. The highest BCUT2D eigenvalue weighted by atomic mass is 16.5. The van der Waals surface area contributed by atoms with Crippen LogP contribution in [-0.2, 0) is 19.1 Å². The van der Waals surface area contributed by atoms with Crippen molar-refractivity contribution in [2.24, 2.45) is 0 Å². The van der Waals surface area contributed by atoms with Crippen LogP contribution in [0.5, 0.6) is 0 Å². The fraction of sp³-hybridized carbons (Fsp3) is 0.423. The smallest absolute Gasteiger partial charge is 0.407 e. The monoisotopic (exact) mass is 482 g/mol. The number of fused-ring (bicyclic) bond motifs is 3. The molecule has 2 amide bonds. The number of hydrogen-bond acceptors (Lipinski definition) is 6. The van der Waals surface area contributed by atoms with E-state index < -0.39 is 36.0 Å². The summed E-state index contributed by atoms with van der Waals surface area (Å²) in [4.78, 5) is 38.2. The molecule has 4 rings (SSSR count). The van der Waals surface area contributed by atoms with E-state index in [9.17, 15) is 24.6 Å². The lowest BCUT2D eigenvalue weighted by Gasteiger charge is -2.36. The van der Waals surface area contributed by atoms with Gasteiger partial charge in [-0.3, -0.25) is 9.59 Å². The largest absolute Gasteiger partial charge is 0.481 e. The van der Waals surface area contributed by atoms with Crippen molar-refractivity contribution in [3.63, 3.8) is 0 Å². The summed E-state index contributed by atoms with van der Waals surface area (Å²) < 4.78 is 10.7. The number of ether oxygens (including phenoxy) is 2. The van der Waals surface area contributed by atoms with Gasteiger partial charge in [0.15, 0.2) is 0 Å². The lowest BCUT2D eigenvalue weighted by molar-refractivity contribution is -0.144. The van der Waals surface area contributed by atoms with Gasteiger partial charge in [-0.2, -0.15) is 0 Å². The minimum atomic E-state index is -1.32. The second kappa shape index (κ2) is 10.5. The Balaban J connectivity index is 1.40. The zero-order valence-corrected chi connectivity index (χ0v) is 19.6. The second-order valence-corrected chi connectivity index (χ2v) is 9.15. The van der Waals surface area contributed by atoms with Crippen molar-refractivity contribution < 1.29 is 34.1 Å². The van der Waals surface area contributed by atoms with E-state index in [1.54, 1.807) is 0 Å². The van der Waals surface area contributed by atoms with Gasteiger partial charge in [0.2, 0.25) is 5.91 Å². The highest BCUT2D eigenvalue weighted by Crippen LogP contribution is 2.44. The molecule has 0 saturated carbocycles. The molecular weight excluding hydrogens is 452 g/mol. The molecule has 2 aromatic carbocycles. The number of likely N-dealkylation sites (N-methyl/N-ethyl adjacent to an activating group) is 1. The SMILES string of the molecule is CN(CC1(O)CCOCC1)C(=O)C(CC(=O)O)NC(=O)OCC1c2ccccc2-c2ccccc21. The summed E-state index contributed by atoms with van der Waals surface area (Å²) in [6.07, 6.45) is -0.735. The number of carboxylic acid groups (broad SMARTS) is 1. The fourth-order valence-electron chi connectivity index (χ4n) is 4.85. The molecule has 1 heterocycles. The van der Waals surface area contributed by atoms with Gasteiger partial charge in [-0.05, 0) is 22.3 Å². The average Bonchev–Trinajstić information content (AvgIpc) is 3.15. The molecule has 2 aromatic rings. The molecule has 1 atom stereocenters. The number of nitrogens with one attached hydrogen (secondary N) is 1. The van der Waals surface area contributed by atoms with Crippen LogP contribution in [0.15, 0.2) is 48.5 Å². The zero-order chi connectivity index (χ0) is 25.0. The Kier molecular flexibility index (Phi) is 7.37. The Morgan fingerprint density at radius 2 is 1.66 bits per heavy atom. The standard InChI is InChI=1S/C26H30N2O7/c1-28(16-26(33)10-12-34-13-11-26)24(31)22(14-23(29)30)27-25(32)35-15-21-19-8-4-2-6-17(19)18-7-3-5-9-20(18)21/h2-9,21-22,33H,10-16H2,1H3,(H,27,32)(H,29,30). The number of amides is 2. The predicted octanol–water partition coefficient (Wildman–Crippen LogP) is 2.37. The van der Waals surface area contributed by atoms with Crippen LogP contribution in [0.2, 0.25) is 0 Å². The lowest BCUT2D eigenvalue weighted by atomic mass is 9.93. The zero-order valence-electron chi connectivity index (χ0n) is 19.6. The summed E-state index contributed by atoms with van der Waals surface area (Å²) in [5, 5.41) is 22.4. The average molecular weight is 483 g/mol. The highest BCUT2D eigenvalue weighted by molar-refractivity contribution is 5.89. The van der Waals surface area contributed by atoms with E-state index in [-0.39, 0.29) is 19.1 Å². The third-order valence-electron chi connectivity index (χ3n) is 6.64. The normalized spacial score (nSPS) is 17.1. The topological polar surface area (TPSA) is 125 Å². The molecule has 1 unspecified atom stereocenters. The molecule has 0 bridgehead atoms. The summed E-state index contributed by atoms with van der Waals surface area (Å²) in [6.45, 7) is 0.825. The van der Waals surface area contributed by atoms with Gasteiger partial charge < -0.3 is 29.9 Å². The molecule has 0 aromatic heterocycles. The van der Waals surface area contributed by atoms with Crippen LogP contribution >= 0.6 is 0 Å². The van der Waals surface area contributed by atoms with Gasteiger partial charge in [0.1, 0.15) is 12.6 Å². The number of carbonyl (C=O) groups is 3. The molecule has 9 nitrogen and oxygen atoms in total. The summed E-state index contributed by atoms with van der Waals surface area (Å²) in [7, 11) is 1.48. The summed E-state index contributed by atoms with van der Waals surface area (Å²) in [5.41, 5.74) is 3.15. The van der Waals surface area contributed by atoms with Gasteiger partial charge in [0.25, 0.3) is 0 Å². The Hall–Kier alpha value is -3.43. The molecule has 1 saturated heterocycles. The molecule has 9 heteroatoms. The maximum atomic E-state index is 13.0. The van der Waals surface area contributed by atoms with Crippen LogP contribution in [0, 0.1) is 0 Å². The van der Waals surface area contributed by atoms with Crippen LogP contribution < -0.4 is 5.32 Å². The number of alkyl carbamates (subject to hydrolysis) is 1. The molecule has 1 aliphatic heterocycles. The Morgan fingerprint density at radius 3 is 2.23 bits per heavy atom. The van der Waals surface area contributed by atoms with E-state index in [0.29, 0.717) is 26.1 Å². The minimum Gasteiger partial charge on any atom is -0.481 e. The molecule has 1 fully saturated rings.